The quantitative estimate of drug-likeness (QED) is 0.446. The minimum atomic E-state index is -0.221. The molecule has 1 saturated heterocycles. The molecule has 7 heteroatoms. The first-order valence-corrected chi connectivity index (χ1v) is 15.3. The van der Waals surface area contributed by atoms with Gasteiger partial charge in [-0.15, -0.1) is 0 Å². The van der Waals surface area contributed by atoms with Crippen LogP contribution in [-0.2, 0) is 4.79 Å². The number of rotatable bonds is 8. The highest BCUT2D eigenvalue weighted by atomic mass is 16.5. The molecule has 1 atom stereocenters. The third-order valence-corrected chi connectivity index (χ3v) is 10.1. The molecule has 214 valence electrons. The Morgan fingerprint density at radius 1 is 0.925 bits per heavy atom. The molecule has 1 heterocycles. The first-order chi connectivity index (χ1) is 19.4. The molecular formula is C33H44N4O3. The van der Waals surface area contributed by atoms with E-state index in [0.717, 1.165) is 74.7 Å². The number of benzene rings is 2. The van der Waals surface area contributed by atoms with Gasteiger partial charge in [0.25, 0.3) is 5.91 Å². The number of amides is 2. The molecular weight excluding hydrogens is 500 g/mol. The zero-order chi connectivity index (χ0) is 27.9. The summed E-state index contributed by atoms with van der Waals surface area (Å²) in [5.41, 5.74) is 3.16. The number of anilines is 3. The van der Waals surface area contributed by atoms with Crippen molar-refractivity contribution in [3.05, 3.63) is 48.0 Å². The number of nitrogens with one attached hydrogen (secondary N) is 2. The maximum Gasteiger partial charge on any atom is 0.253 e. The summed E-state index contributed by atoms with van der Waals surface area (Å²) < 4.78 is 5.59. The smallest absolute Gasteiger partial charge is 0.253 e. The highest BCUT2D eigenvalue weighted by molar-refractivity contribution is 6.03. The first kappa shape index (κ1) is 27.0. The van der Waals surface area contributed by atoms with Gasteiger partial charge in [0.1, 0.15) is 5.75 Å². The number of hydrogen-bond acceptors (Lipinski definition) is 5. The van der Waals surface area contributed by atoms with Crippen molar-refractivity contribution in [2.24, 2.45) is 23.2 Å². The second-order valence-corrected chi connectivity index (χ2v) is 12.8. The Morgan fingerprint density at radius 2 is 1.52 bits per heavy atom. The highest BCUT2D eigenvalue weighted by Crippen LogP contribution is 2.60. The molecule has 5 aliphatic rings. The molecule has 7 nitrogen and oxygen atoms in total. The van der Waals surface area contributed by atoms with E-state index in [4.69, 9.17) is 4.74 Å². The van der Waals surface area contributed by atoms with E-state index >= 15 is 0 Å². The number of methoxy groups -OCH3 is 1. The van der Waals surface area contributed by atoms with E-state index in [1.807, 2.05) is 43.3 Å². The van der Waals surface area contributed by atoms with Crippen LogP contribution in [0.2, 0.25) is 0 Å². The van der Waals surface area contributed by atoms with Crippen molar-refractivity contribution in [2.45, 2.75) is 64.8 Å². The highest BCUT2D eigenvalue weighted by Gasteiger charge is 2.54. The van der Waals surface area contributed by atoms with E-state index < -0.39 is 0 Å². The summed E-state index contributed by atoms with van der Waals surface area (Å²) >= 11 is 0. The number of nitrogens with zero attached hydrogens (tertiary/aromatic N) is 2. The minimum absolute atomic E-state index is 0.0769. The van der Waals surface area contributed by atoms with Gasteiger partial charge in [-0.05, 0) is 100.0 Å². The molecule has 1 aliphatic heterocycles. The van der Waals surface area contributed by atoms with Gasteiger partial charge in [0.2, 0.25) is 5.91 Å². The third kappa shape index (κ3) is 5.15. The molecule has 2 amide bonds. The minimum Gasteiger partial charge on any atom is -0.495 e. The Bertz CT molecular complexity index is 1220. The lowest BCUT2D eigenvalue weighted by molar-refractivity contribution is -0.140. The Labute approximate surface area is 238 Å². The van der Waals surface area contributed by atoms with E-state index in [-0.39, 0.29) is 23.3 Å². The Kier molecular flexibility index (Phi) is 7.41. The van der Waals surface area contributed by atoms with E-state index in [0.29, 0.717) is 23.3 Å². The van der Waals surface area contributed by atoms with Crippen molar-refractivity contribution in [1.29, 1.82) is 0 Å². The summed E-state index contributed by atoms with van der Waals surface area (Å²) in [4.78, 5) is 31.9. The van der Waals surface area contributed by atoms with Crippen molar-refractivity contribution in [3.8, 4) is 5.75 Å². The average Bonchev–Trinajstić information content (AvgIpc) is 2.96. The molecule has 2 N–H and O–H groups in total. The molecule has 40 heavy (non-hydrogen) atoms. The zero-order valence-corrected chi connectivity index (χ0v) is 24.2. The van der Waals surface area contributed by atoms with Gasteiger partial charge in [-0.1, -0.05) is 19.1 Å². The van der Waals surface area contributed by atoms with E-state index in [9.17, 15) is 9.59 Å². The van der Waals surface area contributed by atoms with Crippen LogP contribution in [0.25, 0.3) is 0 Å². The number of para-hydroxylation sites is 2. The van der Waals surface area contributed by atoms with Gasteiger partial charge in [0.15, 0.2) is 0 Å². The van der Waals surface area contributed by atoms with Gasteiger partial charge in [-0.25, -0.2) is 0 Å². The van der Waals surface area contributed by atoms with Gasteiger partial charge in [0.05, 0.1) is 23.8 Å². The van der Waals surface area contributed by atoms with E-state index in [2.05, 4.69) is 33.4 Å². The lowest BCUT2D eigenvalue weighted by Crippen LogP contribution is -2.51. The first-order valence-electron chi connectivity index (χ1n) is 15.3. The second-order valence-electron chi connectivity index (χ2n) is 12.8. The normalized spacial score (nSPS) is 27.8. The van der Waals surface area contributed by atoms with Crippen LogP contribution in [0.15, 0.2) is 42.5 Å². The molecule has 4 aliphatic carbocycles. The monoisotopic (exact) mass is 544 g/mol. The van der Waals surface area contributed by atoms with Crippen molar-refractivity contribution in [3.63, 3.8) is 0 Å². The molecule has 4 bridgehead atoms. The molecule has 5 fully saturated rings. The standard InChI is InChI=1S/C33H44N4O3/c1-4-22(2)34-31(38)27-18-26(35-32(39)33-19-23-15-24(20-33)17-25(16-23)21-33)9-10-28(27)36-11-13-37(14-12-36)29-7-5-6-8-30(29)40-3/h5-10,18,22-25H,4,11-17,19-21H2,1-3H3,(H,34,38)(H,35,39). The zero-order valence-electron chi connectivity index (χ0n) is 24.2. The van der Waals surface area contributed by atoms with Gasteiger partial charge in [-0.3, -0.25) is 9.59 Å². The average molecular weight is 545 g/mol. The predicted octanol–water partition coefficient (Wildman–Crippen LogP) is 5.71. The third-order valence-electron chi connectivity index (χ3n) is 10.1. The Hall–Kier alpha value is -3.22. The van der Waals surface area contributed by atoms with Crippen molar-refractivity contribution in [1.82, 2.24) is 5.32 Å². The fourth-order valence-electron chi connectivity index (χ4n) is 8.21. The van der Waals surface area contributed by atoms with Crippen molar-refractivity contribution in [2.75, 3.05) is 48.4 Å². The van der Waals surface area contributed by atoms with Gasteiger partial charge in [0, 0.05) is 43.6 Å². The molecule has 4 saturated carbocycles. The van der Waals surface area contributed by atoms with E-state index in [1.165, 1.54) is 19.3 Å². The van der Waals surface area contributed by atoms with Crippen LogP contribution >= 0.6 is 0 Å². The number of ether oxygens (including phenoxy) is 1. The van der Waals surface area contributed by atoms with Crippen LogP contribution in [0.1, 0.15) is 69.2 Å². The van der Waals surface area contributed by atoms with Crippen LogP contribution in [0.4, 0.5) is 17.1 Å². The topological polar surface area (TPSA) is 73.9 Å². The Balaban J connectivity index is 1.21. The summed E-state index contributed by atoms with van der Waals surface area (Å²) in [6.07, 6.45) is 7.88. The molecule has 1 unspecified atom stereocenters. The second kappa shape index (κ2) is 11.0. The SMILES string of the molecule is CCC(C)NC(=O)c1cc(NC(=O)C23CC4CC(CC(C4)C2)C3)ccc1N1CCN(c2ccccc2OC)CC1. The van der Waals surface area contributed by atoms with Crippen LogP contribution in [0.5, 0.6) is 5.75 Å². The lowest BCUT2D eigenvalue weighted by Gasteiger charge is -2.55. The number of hydrogen-bond donors (Lipinski definition) is 2. The largest absolute Gasteiger partial charge is 0.495 e. The summed E-state index contributed by atoms with van der Waals surface area (Å²) in [5.74, 6) is 3.10. The molecule has 0 radical (unpaired) electrons. The van der Waals surface area contributed by atoms with Crippen LogP contribution in [-0.4, -0.2) is 51.1 Å². The summed E-state index contributed by atoms with van der Waals surface area (Å²) in [6.45, 7) is 7.35. The molecule has 0 spiro atoms. The maximum atomic E-state index is 13.7. The fraction of sp³-hybridized carbons (Fsp3) is 0.576. The number of carbonyl (C=O) groups excluding carboxylic acids is 2. The summed E-state index contributed by atoms with van der Waals surface area (Å²) in [6, 6.07) is 14.1. The number of piperazine rings is 1. The van der Waals surface area contributed by atoms with Crippen molar-refractivity contribution >= 4 is 28.9 Å². The number of carbonyl (C=O) groups is 2. The Morgan fingerprint density at radius 3 is 2.12 bits per heavy atom. The van der Waals surface area contributed by atoms with Crippen molar-refractivity contribution < 1.29 is 14.3 Å². The van der Waals surface area contributed by atoms with Gasteiger partial charge < -0.3 is 25.2 Å². The van der Waals surface area contributed by atoms with E-state index in [1.54, 1.807) is 7.11 Å². The van der Waals surface area contributed by atoms with Gasteiger partial charge in [-0.2, -0.15) is 0 Å². The van der Waals surface area contributed by atoms with Crippen LogP contribution in [0, 0.1) is 23.2 Å². The molecule has 7 rings (SSSR count). The summed E-state index contributed by atoms with van der Waals surface area (Å²) in [5, 5.41) is 6.43. The van der Waals surface area contributed by atoms with Gasteiger partial charge >= 0.3 is 0 Å². The lowest BCUT2D eigenvalue weighted by atomic mass is 9.49. The maximum absolute atomic E-state index is 13.7. The summed E-state index contributed by atoms with van der Waals surface area (Å²) in [7, 11) is 1.71. The van der Waals surface area contributed by atoms with Crippen LogP contribution < -0.4 is 25.2 Å². The molecule has 2 aromatic carbocycles. The van der Waals surface area contributed by atoms with Crippen LogP contribution in [0.3, 0.4) is 0 Å². The predicted molar refractivity (Wildman–Crippen MR) is 160 cm³/mol. The molecule has 0 aromatic heterocycles. The fourth-order valence-corrected chi connectivity index (χ4v) is 8.21. The molecule has 2 aromatic rings.